The van der Waals surface area contributed by atoms with Gasteiger partial charge in [-0.3, -0.25) is 4.79 Å². The molecule has 21 heavy (non-hydrogen) atoms. The van der Waals surface area contributed by atoms with Crippen LogP contribution in [0.3, 0.4) is 0 Å². The van der Waals surface area contributed by atoms with Crippen LogP contribution >= 0.6 is 0 Å². The van der Waals surface area contributed by atoms with Gasteiger partial charge in [-0.05, 0) is 12.0 Å². The van der Waals surface area contributed by atoms with Crippen LogP contribution in [0, 0.1) is 11.3 Å². The van der Waals surface area contributed by atoms with Gasteiger partial charge >= 0.3 is 0 Å². The Bertz CT molecular complexity index is 528. The number of rotatable bonds is 5. The Morgan fingerprint density at radius 1 is 1.33 bits per heavy atom. The van der Waals surface area contributed by atoms with Crippen LogP contribution in [0.25, 0.3) is 0 Å². The molecule has 1 N–H and O–H groups in total. The van der Waals surface area contributed by atoms with Crippen LogP contribution in [0.5, 0.6) is 0 Å². The monoisotopic (exact) mass is 285 g/mol. The lowest BCUT2D eigenvalue weighted by Crippen LogP contribution is -2.34. The lowest BCUT2D eigenvalue weighted by Gasteiger charge is -2.25. The zero-order chi connectivity index (χ0) is 14.9. The van der Waals surface area contributed by atoms with Gasteiger partial charge in [0.05, 0.1) is 13.2 Å². The molecule has 1 aromatic rings. The molecule has 0 aromatic heterocycles. The molecule has 0 unspecified atom stereocenters. The zero-order valence-corrected chi connectivity index (χ0v) is 11.9. The molecule has 0 saturated carbocycles. The van der Waals surface area contributed by atoms with Crippen molar-refractivity contribution in [2.75, 3.05) is 32.8 Å². The normalized spacial score (nSPS) is 15.4. The van der Waals surface area contributed by atoms with Gasteiger partial charge in [0.25, 0.3) is 5.91 Å². The topological polar surface area (TPSA) is 65.4 Å². The second kappa shape index (κ2) is 8.08. The molecule has 1 amide bonds. The van der Waals surface area contributed by atoms with Crippen LogP contribution in [0.4, 0.5) is 0 Å². The first-order valence-electron chi connectivity index (χ1n) is 7.05. The Morgan fingerprint density at radius 2 is 2.05 bits per heavy atom. The average molecular weight is 285 g/mol. The first kappa shape index (κ1) is 15.1. The van der Waals surface area contributed by atoms with E-state index in [0.29, 0.717) is 32.8 Å². The second-order valence-electron chi connectivity index (χ2n) is 4.79. The van der Waals surface area contributed by atoms with Crippen molar-refractivity contribution in [1.29, 1.82) is 5.26 Å². The molecule has 0 radical (unpaired) electrons. The van der Waals surface area contributed by atoms with Gasteiger partial charge in [-0.1, -0.05) is 30.3 Å². The lowest BCUT2D eigenvalue weighted by molar-refractivity contribution is -0.117. The zero-order valence-electron chi connectivity index (χ0n) is 11.9. The Kier molecular flexibility index (Phi) is 5.80. The van der Waals surface area contributed by atoms with E-state index >= 15 is 0 Å². The highest BCUT2D eigenvalue weighted by atomic mass is 16.5. The maximum absolute atomic E-state index is 12.0. The van der Waals surface area contributed by atoms with Gasteiger partial charge in [-0.25, -0.2) is 0 Å². The van der Waals surface area contributed by atoms with Gasteiger partial charge in [0.15, 0.2) is 0 Å². The Labute approximate surface area is 124 Å². The van der Waals surface area contributed by atoms with Crippen molar-refractivity contribution in [2.45, 2.75) is 6.42 Å². The number of nitrogens with zero attached hydrogens (tertiary/aromatic N) is 2. The number of morpholine rings is 1. The van der Waals surface area contributed by atoms with Gasteiger partial charge in [0.1, 0.15) is 11.6 Å². The van der Waals surface area contributed by atoms with E-state index in [-0.39, 0.29) is 11.5 Å². The third kappa shape index (κ3) is 4.93. The standard InChI is InChI=1S/C16H19N3O2/c17-12-15(13-19-8-10-21-11-9-19)16(20)18-7-6-14-4-2-1-3-5-14/h1-5,13H,6-11H2,(H,18,20). The van der Waals surface area contributed by atoms with E-state index < -0.39 is 0 Å². The Morgan fingerprint density at radius 3 is 2.71 bits per heavy atom. The van der Waals surface area contributed by atoms with Crippen molar-refractivity contribution in [3.63, 3.8) is 0 Å². The van der Waals surface area contributed by atoms with Gasteiger partial charge < -0.3 is 15.0 Å². The Hall–Kier alpha value is -2.32. The molecule has 1 aromatic carbocycles. The molecule has 5 nitrogen and oxygen atoms in total. The summed E-state index contributed by atoms with van der Waals surface area (Å²) in [5.41, 5.74) is 1.30. The first-order chi connectivity index (χ1) is 10.3. The highest BCUT2D eigenvalue weighted by molar-refractivity contribution is 5.97. The largest absolute Gasteiger partial charge is 0.378 e. The molecule has 0 atom stereocenters. The van der Waals surface area contributed by atoms with E-state index in [9.17, 15) is 4.79 Å². The average Bonchev–Trinajstić information content (AvgIpc) is 2.54. The number of nitrogens with one attached hydrogen (secondary N) is 1. The van der Waals surface area contributed by atoms with Gasteiger partial charge in [0.2, 0.25) is 0 Å². The van der Waals surface area contributed by atoms with Crippen molar-refractivity contribution in [2.24, 2.45) is 0 Å². The number of carbonyl (C=O) groups is 1. The van der Waals surface area contributed by atoms with E-state index in [4.69, 9.17) is 10.00 Å². The third-order valence-corrected chi connectivity index (χ3v) is 3.26. The minimum absolute atomic E-state index is 0.143. The maximum atomic E-state index is 12.0. The summed E-state index contributed by atoms with van der Waals surface area (Å²) in [6.07, 6.45) is 2.38. The molecule has 0 spiro atoms. The lowest BCUT2D eigenvalue weighted by atomic mass is 10.1. The highest BCUT2D eigenvalue weighted by Gasteiger charge is 2.12. The number of hydrogen-bond acceptors (Lipinski definition) is 4. The summed E-state index contributed by atoms with van der Waals surface area (Å²) in [5, 5.41) is 11.9. The molecule has 1 aliphatic rings. The van der Waals surface area contributed by atoms with Crippen LogP contribution in [-0.2, 0) is 16.0 Å². The molecule has 5 heteroatoms. The summed E-state index contributed by atoms with van der Waals surface area (Å²) in [4.78, 5) is 13.9. The van der Waals surface area contributed by atoms with Gasteiger partial charge in [-0.15, -0.1) is 0 Å². The molecule has 0 aliphatic carbocycles. The molecule has 0 bridgehead atoms. The predicted molar refractivity (Wildman–Crippen MR) is 79.2 cm³/mol. The maximum Gasteiger partial charge on any atom is 0.263 e. The van der Waals surface area contributed by atoms with Crippen LogP contribution in [0.2, 0.25) is 0 Å². The van der Waals surface area contributed by atoms with Crippen LogP contribution in [-0.4, -0.2) is 43.7 Å². The molecule has 1 aliphatic heterocycles. The van der Waals surface area contributed by atoms with Crippen molar-refractivity contribution in [1.82, 2.24) is 10.2 Å². The second-order valence-corrected chi connectivity index (χ2v) is 4.79. The SMILES string of the molecule is N#CC(=CN1CCOCC1)C(=O)NCCc1ccccc1. The minimum atomic E-state index is -0.320. The molecule has 1 saturated heterocycles. The van der Waals surface area contributed by atoms with E-state index in [2.05, 4.69) is 5.32 Å². The van der Waals surface area contributed by atoms with Crippen LogP contribution in [0.1, 0.15) is 5.56 Å². The van der Waals surface area contributed by atoms with Crippen molar-refractivity contribution in [3.8, 4) is 6.07 Å². The summed E-state index contributed by atoms with van der Waals surface area (Å²) >= 11 is 0. The molecule has 1 heterocycles. The van der Waals surface area contributed by atoms with Crippen molar-refractivity contribution in [3.05, 3.63) is 47.7 Å². The Balaban J connectivity index is 1.82. The van der Waals surface area contributed by atoms with E-state index in [1.54, 1.807) is 6.20 Å². The van der Waals surface area contributed by atoms with Crippen LogP contribution < -0.4 is 5.32 Å². The number of carbonyl (C=O) groups excluding carboxylic acids is 1. The molecule has 1 fully saturated rings. The van der Waals surface area contributed by atoms with Crippen LogP contribution in [0.15, 0.2) is 42.1 Å². The number of ether oxygens (including phenoxy) is 1. The smallest absolute Gasteiger partial charge is 0.263 e. The number of hydrogen-bond donors (Lipinski definition) is 1. The number of benzene rings is 1. The summed E-state index contributed by atoms with van der Waals surface area (Å²) < 4.78 is 5.23. The fourth-order valence-electron chi connectivity index (χ4n) is 2.09. The van der Waals surface area contributed by atoms with Crippen molar-refractivity contribution < 1.29 is 9.53 Å². The fraction of sp³-hybridized carbons (Fsp3) is 0.375. The summed E-state index contributed by atoms with van der Waals surface area (Å²) in [5.74, 6) is -0.320. The van der Waals surface area contributed by atoms with E-state index in [1.807, 2.05) is 41.3 Å². The predicted octanol–water partition coefficient (Wildman–Crippen LogP) is 1.08. The van der Waals surface area contributed by atoms with Gasteiger partial charge in [-0.2, -0.15) is 5.26 Å². The third-order valence-electron chi connectivity index (χ3n) is 3.26. The molecule has 2 rings (SSSR count). The van der Waals surface area contributed by atoms with Gasteiger partial charge in [0, 0.05) is 25.8 Å². The van der Waals surface area contributed by atoms with E-state index in [1.165, 1.54) is 0 Å². The van der Waals surface area contributed by atoms with E-state index in [0.717, 1.165) is 12.0 Å². The summed E-state index contributed by atoms with van der Waals surface area (Å²) in [7, 11) is 0. The molecular formula is C16H19N3O2. The van der Waals surface area contributed by atoms with Crippen molar-refractivity contribution >= 4 is 5.91 Å². The number of nitriles is 1. The summed E-state index contributed by atoms with van der Waals surface area (Å²) in [6, 6.07) is 11.9. The molecule has 110 valence electrons. The molecular weight excluding hydrogens is 266 g/mol. The minimum Gasteiger partial charge on any atom is -0.378 e. The highest BCUT2D eigenvalue weighted by Crippen LogP contribution is 2.03. The number of amides is 1. The quantitative estimate of drug-likeness (QED) is 0.649. The fourth-order valence-corrected chi connectivity index (χ4v) is 2.09. The summed E-state index contributed by atoms with van der Waals surface area (Å²) in [6.45, 7) is 3.20. The first-order valence-corrected chi connectivity index (χ1v) is 7.05.